The highest BCUT2D eigenvalue weighted by atomic mass is 32.2. The molecule has 0 saturated heterocycles. The number of hydrogen-bond acceptors (Lipinski definition) is 7. The molecule has 0 saturated carbocycles. The molecule has 3 rings (SSSR count). The number of nitrogens with zero attached hydrogens (tertiary/aromatic N) is 1. The minimum Gasteiger partial charge on any atom is -0.496 e. The van der Waals surface area contributed by atoms with E-state index in [9.17, 15) is 13.2 Å². The second-order valence-electron chi connectivity index (χ2n) is 5.53. The number of sulfonamides is 1. The Bertz CT molecular complexity index is 1060. The third-order valence-electron chi connectivity index (χ3n) is 3.69. The average Bonchev–Trinajstić information content (AvgIpc) is 3.14. The molecule has 0 aliphatic carbocycles. The van der Waals surface area contributed by atoms with Gasteiger partial charge >= 0.3 is 5.97 Å². The number of carbonyl (C=O) groups excluding carboxylic acids is 1. The summed E-state index contributed by atoms with van der Waals surface area (Å²) in [5, 5.41) is 8.96. The van der Waals surface area contributed by atoms with E-state index in [1.165, 1.54) is 19.2 Å². The standard InChI is InChI=1S/C18H16N2O6S/c1-24-16-8-7-14(27(19,22)23)10-15(16)18(21)25-11-13-9-17(26-20-13)12-5-3-2-4-6-12/h2-10H,11H2,1H3,(H2,19,22,23). The van der Waals surface area contributed by atoms with Gasteiger partial charge in [0.2, 0.25) is 10.0 Å². The molecule has 2 N–H and O–H groups in total. The van der Waals surface area contributed by atoms with Crippen LogP contribution in [0.3, 0.4) is 0 Å². The van der Waals surface area contributed by atoms with Crippen LogP contribution in [0.4, 0.5) is 0 Å². The summed E-state index contributed by atoms with van der Waals surface area (Å²) in [4.78, 5) is 12.1. The van der Waals surface area contributed by atoms with E-state index in [-0.39, 0.29) is 22.8 Å². The second-order valence-corrected chi connectivity index (χ2v) is 7.09. The first-order valence-electron chi connectivity index (χ1n) is 7.77. The summed E-state index contributed by atoms with van der Waals surface area (Å²) in [6.45, 7) is -0.155. The molecule has 1 aromatic heterocycles. The molecule has 0 fully saturated rings. The molecule has 0 aliphatic rings. The van der Waals surface area contributed by atoms with E-state index in [0.717, 1.165) is 11.6 Å². The number of esters is 1. The topological polar surface area (TPSA) is 122 Å². The van der Waals surface area contributed by atoms with Crippen molar-refractivity contribution in [1.29, 1.82) is 0 Å². The maximum absolute atomic E-state index is 12.4. The molecule has 0 amide bonds. The SMILES string of the molecule is COc1ccc(S(N)(=O)=O)cc1C(=O)OCc1cc(-c2ccccc2)on1. The van der Waals surface area contributed by atoms with Crippen molar-refractivity contribution in [1.82, 2.24) is 5.16 Å². The van der Waals surface area contributed by atoms with Gasteiger partial charge in [-0.25, -0.2) is 18.4 Å². The zero-order valence-corrected chi connectivity index (χ0v) is 15.1. The van der Waals surface area contributed by atoms with Crippen molar-refractivity contribution >= 4 is 16.0 Å². The summed E-state index contributed by atoms with van der Waals surface area (Å²) in [7, 11) is -2.62. The van der Waals surface area contributed by atoms with Crippen molar-refractivity contribution in [3.8, 4) is 17.1 Å². The Labute approximate surface area is 155 Å². The average molecular weight is 388 g/mol. The summed E-state index contributed by atoms with van der Waals surface area (Å²) in [5.41, 5.74) is 1.18. The molecule has 140 valence electrons. The third-order valence-corrected chi connectivity index (χ3v) is 4.60. The lowest BCUT2D eigenvalue weighted by atomic mass is 10.2. The quantitative estimate of drug-likeness (QED) is 0.643. The van der Waals surface area contributed by atoms with Gasteiger partial charge in [0, 0.05) is 11.6 Å². The van der Waals surface area contributed by atoms with Crippen molar-refractivity contribution in [2.75, 3.05) is 7.11 Å². The van der Waals surface area contributed by atoms with Gasteiger partial charge in [0.05, 0.1) is 12.0 Å². The number of aromatic nitrogens is 1. The number of nitrogens with two attached hydrogens (primary N) is 1. The van der Waals surface area contributed by atoms with Crippen LogP contribution in [0.25, 0.3) is 11.3 Å². The normalized spacial score (nSPS) is 11.2. The van der Waals surface area contributed by atoms with Crippen LogP contribution in [-0.4, -0.2) is 26.7 Å². The zero-order chi connectivity index (χ0) is 19.4. The molecule has 0 radical (unpaired) electrons. The molecule has 8 nitrogen and oxygen atoms in total. The van der Waals surface area contributed by atoms with Crippen molar-refractivity contribution in [3.05, 3.63) is 65.9 Å². The van der Waals surface area contributed by atoms with Gasteiger partial charge in [-0.3, -0.25) is 0 Å². The Balaban J connectivity index is 1.76. The molecular formula is C18H16N2O6S. The molecule has 0 bridgehead atoms. The number of hydrogen-bond donors (Lipinski definition) is 1. The van der Waals surface area contributed by atoms with Crippen LogP contribution < -0.4 is 9.88 Å². The first-order chi connectivity index (χ1) is 12.9. The predicted octanol–water partition coefficient (Wildman–Crippen LogP) is 2.35. The summed E-state index contributed by atoms with van der Waals surface area (Å²) in [6.07, 6.45) is 0. The predicted molar refractivity (Wildman–Crippen MR) is 95.4 cm³/mol. The van der Waals surface area contributed by atoms with E-state index in [1.54, 1.807) is 6.07 Å². The van der Waals surface area contributed by atoms with E-state index in [1.807, 2.05) is 30.3 Å². The van der Waals surface area contributed by atoms with Crippen LogP contribution >= 0.6 is 0 Å². The van der Waals surface area contributed by atoms with Gasteiger partial charge in [0.25, 0.3) is 0 Å². The van der Waals surface area contributed by atoms with Gasteiger partial charge < -0.3 is 14.0 Å². The Hall–Kier alpha value is -3.17. The summed E-state index contributed by atoms with van der Waals surface area (Å²) >= 11 is 0. The van der Waals surface area contributed by atoms with Crippen molar-refractivity contribution in [2.45, 2.75) is 11.5 Å². The van der Waals surface area contributed by atoms with Gasteiger partial charge in [0.15, 0.2) is 5.76 Å². The van der Waals surface area contributed by atoms with Crippen LogP contribution in [0.5, 0.6) is 5.75 Å². The van der Waals surface area contributed by atoms with Crippen molar-refractivity contribution in [2.24, 2.45) is 5.14 Å². The van der Waals surface area contributed by atoms with E-state index < -0.39 is 16.0 Å². The monoisotopic (exact) mass is 388 g/mol. The van der Waals surface area contributed by atoms with Crippen LogP contribution in [0.15, 0.2) is 64.0 Å². The lowest BCUT2D eigenvalue weighted by molar-refractivity contribution is 0.0460. The highest BCUT2D eigenvalue weighted by Crippen LogP contribution is 2.24. The number of ether oxygens (including phenoxy) is 2. The first kappa shape index (κ1) is 18.6. The number of carbonyl (C=O) groups is 1. The number of rotatable bonds is 6. The highest BCUT2D eigenvalue weighted by Gasteiger charge is 2.19. The lowest BCUT2D eigenvalue weighted by Gasteiger charge is -2.09. The smallest absolute Gasteiger partial charge is 0.342 e. The fourth-order valence-electron chi connectivity index (χ4n) is 2.36. The minimum absolute atomic E-state index is 0.0594. The summed E-state index contributed by atoms with van der Waals surface area (Å²) in [6, 6.07) is 14.7. The summed E-state index contributed by atoms with van der Waals surface area (Å²) < 4.78 is 38.5. The molecule has 0 spiro atoms. The molecule has 2 aromatic carbocycles. The number of benzene rings is 2. The van der Waals surface area contributed by atoms with E-state index in [4.69, 9.17) is 19.1 Å². The van der Waals surface area contributed by atoms with Crippen LogP contribution in [-0.2, 0) is 21.4 Å². The van der Waals surface area contributed by atoms with Crippen LogP contribution in [0, 0.1) is 0 Å². The number of primary sulfonamides is 1. The second kappa shape index (κ2) is 7.60. The first-order valence-corrected chi connectivity index (χ1v) is 9.32. The fourth-order valence-corrected chi connectivity index (χ4v) is 2.90. The molecule has 0 aliphatic heterocycles. The van der Waals surface area contributed by atoms with Gasteiger partial charge in [-0.1, -0.05) is 35.5 Å². The van der Waals surface area contributed by atoms with Gasteiger partial charge in [0.1, 0.15) is 23.6 Å². The van der Waals surface area contributed by atoms with Gasteiger partial charge in [-0.05, 0) is 18.2 Å². The maximum Gasteiger partial charge on any atom is 0.342 e. The van der Waals surface area contributed by atoms with Crippen LogP contribution in [0.1, 0.15) is 16.1 Å². The van der Waals surface area contributed by atoms with E-state index >= 15 is 0 Å². The Kier molecular flexibility index (Phi) is 5.24. The van der Waals surface area contributed by atoms with E-state index in [0.29, 0.717) is 11.5 Å². The lowest BCUT2D eigenvalue weighted by Crippen LogP contribution is -2.14. The van der Waals surface area contributed by atoms with Crippen LogP contribution in [0.2, 0.25) is 0 Å². The van der Waals surface area contributed by atoms with Crippen molar-refractivity contribution in [3.63, 3.8) is 0 Å². The minimum atomic E-state index is -3.97. The maximum atomic E-state index is 12.4. The fraction of sp³-hybridized carbons (Fsp3) is 0.111. The molecule has 1 heterocycles. The Morgan fingerprint density at radius 1 is 1.15 bits per heavy atom. The highest BCUT2D eigenvalue weighted by molar-refractivity contribution is 7.89. The zero-order valence-electron chi connectivity index (χ0n) is 14.3. The third kappa shape index (κ3) is 4.33. The largest absolute Gasteiger partial charge is 0.496 e. The Morgan fingerprint density at radius 2 is 1.89 bits per heavy atom. The molecule has 3 aromatic rings. The molecular weight excluding hydrogens is 372 g/mol. The summed E-state index contributed by atoms with van der Waals surface area (Å²) in [5.74, 6) is -0.0745. The molecule has 0 unspecified atom stereocenters. The number of methoxy groups -OCH3 is 1. The molecule has 9 heteroatoms. The van der Waals surface area contributed by atoms with Crippen molar-refractivity contribution < 1.29 is 27.2 Å². The molecule has 27 heavy (non-hydrogen) atoms. The van der Waals surface area contributed by atoms with Gasteiger partial charge in [-0.15, -0.1) is 0 Å². The van der Waals surface area contributed by atoms with E-state index in [2.05, 4.69) is 5.16 Å². The van der Waals surface area contributed by atoms with Gasteiger partial charge in [-0.2, -0.15) is 0 Å². The molecule has 0 atom stereocenters. The Morgan fingerprint density at radius 3 is 2.56 bits per heavy atom.